The minimum Gasteiger partial charge on any atom is -0.204 e. The number of unbranched alkanes of at least 4 members (excludes halogenated alkanes) is 3. The van der Waals surface area contributed by atoms with Crippen LogP contribution in [0, 0.1) is 17.5 Å². The fourth-order valence-corrected chi connectivity index (χ4v) is 5.05. The molecule has 3 aromatic rings. The van der Waals surface area contributed by atoms with Crippen molar-refractivity contribution in [1.29, 1.82) is 0 Å². The predicted molar refractivity (Wildman–Crippen MR) is 122 cm³/mol. The molecule has 164 valence electrons. The van der Waals surface area contributed by atoms with Gasteiger partial charge in [-0.2, -0.15) is 0 Å². The Kier molecular flexibility index (Phi) is 6.99. The van der Waals surface area contributed by atoms with Crippen molar-refractivity contribution in [2.45, 2.75) is 76.5 Å². The number of fused-ring (bicyclic) bond motifs is 1. The van der Waals surface area contributed by atoms with Crippen LogP contribution in [-0.4, -0.2) is 0 Å². The van der Waals surface area contributed by atoms with Crippen molar-refractivity contribution in [1.82, 2.24) is 0 Å². The van der Waals surface area contributed by atoms with E-state index in [0.717, 1.165) is 37.3 Å². The molecular weight excluding hydrogens is 393 g/mol. The molecule has 4 rings (SSSR count). The van der Waals surface area contributed by atoms with E-state index < -0.39 is 17.5 Å². The number of benzene rings is 3. The summed E-state index contributed by atoms with van der Waals surface area (Å²) in [6.07, 6.45) is 10.7. The molecule has 0 saturated heterocycles. The number of hydrogen-bond acceptors (Lipinski definition) is 0. The van der Waals surface area contributed by atoms with Crippen LogP contribution in [0.5, 0.6) is 0 Å². The average Bonchev–Trinajstić information content (AvgIpc) is 2.81. The molecule has 3 heteroatoms. The van der Waals surface area contributed by atoms with Crippen LogP contribution in [-0.2, 0) is 6.42 Å². The minimum absolute atomic E-state index is 0.145. The molecule has 1 aliphatic rings. The summed E-state index contributed by atoms with van der Waals surface area (Å²) < 4.78 is 41.1. The van der Waals surface area contributed by atoms with Crippen LogP contribution in [0.25, 0.3) is 10.8 Å². The van der Waals surface area contributed by atoms with Gasteiger partial charge in [0.15, 0.2) is 17.5 Å². The van der Waals surface area contributed by atoms with Crippen LogP contribution < -0.4 is 0 Å². The van der Waals surface area contributed by atoms with Gasteiger partial charge in [-0.1, -0.05) is 68.7 Å². The lowest BCUT2D eigenvalue weighted by Gasteiger charge is -2.29. The number of hydrogen-bond donors (Lipinski definition) is 0. The van der Waals surface area contributed by atoms with Gasteiger partial charge in [0.1, 0.15) is 0 Å². The zero-order valence-electron chi connectivity index (χ0n) is 18.3. The molecule has 0 amide bonds. The maximum atomic E-state index is 14.0. The molecule has 0 aliphatic heterocycles. The first-order chi connectivity index (χ1) is 15.1. The van der Waals surface area contributed by atoms with E-state index in [0.29, 0.717) is 17.2 Å². The van der Waals surface area contributed by atoms with Crippen molar-refractivity contribution in [2.75, 3.05) is 0 Å². The van der Waals surface area contributed by atoms with Gasteiger partial charge in [-0.3, -0.25) is 0 Å². The molecule has 0 heterocycles. The lowest BCUT2D eigenvalue weighted by molar-refractivity contribution is 0.396. The normalized spacial score (nSPS) is 19.1. The van der Waals surface area contributed by atoms with Crippen LogP contribution in [0.15, 0.2) is 48.5 Å². The van der Waals surface area contributed by atoms with E-state index in [1.54, 1.807) is 6.07 Å². The number of rotatable bonds is 7. The molecule has 3 aromatic carbocycles. The molecule has 0 bridgehead atoms. The molecule has 0 spiro atoms. The van der Waals surface area contributed by atoms with Gasteiger partial charge in [-0.05, 0) is 78.5 Å². The van der Waals surface area contributed by atoms with Crippen molar-refractivity contribution in [3.8, 4) is 0 Å². The van der Waals surface area contributed by atoms with Gasteiger partial charge in [-0.25, -0.2) is 13.2 Å². The zero-order valence-corrected chi connectivity index (χ0v) is 18.3. The topological polar surface area (TPSA) is 0 Å². The first-order valence-corrected chi connectivity index (χ1v) is 11.7. The first kappa shape index (κ1) is 21.9. The third kappa shape index (κ3) is 4.97. The zero-order chi connectivity index (χ0) is 21.8. The summed E-state index contributed by atoms with van der Waals surface area (Å²) >= 11 is 0. The second-order valence-corrected chi connectivity index (χ2v) is 9.07. The first-order valence-electron chi connectivity index (χ1n) is 11.7. The Morgan fingerprint density at radius 3 is 2.03 bits per heavy atom. The number of aryl methyl sites for hydroxylation is 1. The fourth-order valence-electron chi connectivity index (χ4n) is 5.05. The van der Waals surface area contributed by atoms with Gasteiger partial charge in [0.25, 0.3) is 0 Å². The van der Waals surface area contributed by atoms with E-state index in [-0.39, 0.29) is 5.39 Å². The van der Waals surface area contributed by atoms with Gasteiger partial charge >= 0.3 is 0 Å². The van der Waals surface area contributed by atoms with E-state index >= 15 is 0 Å². The summed E-state index contributed by atoms with van der Waals surface area (Å²) in [6, 6.07) is 15.6. The van der Waals surface area contributed by atoms with Crippen LogP contribution >= 0.6 is 0 Å². The van der Waals surface area contributed by atoms with Gasteiger partial charge in [-0.15, -0.1) is 0 Å². The highest BCUT2D eigenvalue weighted by atomic mass is 19.2. The van der Waals surface area contributed by atoms with Crippen molar-refractivity contribution >= 4 is 10.8 Å². The molecule has 0 radical (unpaired) electrons. The third-order valence-electron chi connectivity index (χ3n) is 6.97. The summed E-state index contributed by atoms with van der Waals surface area (Å²) in [7, 11) is 0. The van der Waals surface area contributed by atoms with Crippen molar-refractivity contribution < 1.29 is 13.2 Å². The Balaban J connectivity index is 1.38. The highest BCUT2D eigenvalue weighted by molar-refractivity contribution is 5.84. The summed E-state index contributed by atoms with van der Waals surface area (Å²) in [5.74, 6) is -2.66. The maximum Gasteiger partial charge on any atom is 0.195 e. The van der Waals surface area contributed by atoms with Gasteiger partial charge in [0.2, 0.25) is 0 Å². The van der Waals surface area contributed by atoms with Gasteiger partial charge < -0.3 is 0 Å². The monoisotopic (exact) mass is 424 g/mol. The van der Waals surface area contributed by atoms with Crippen LogP contribution in [0.4, 0.5) is 13.2 Å². The largest absolute Gasteiger partial charge is 0.204 e. The summed E-state index contributed by atoms with van der Waals surface area (Å²) in [6.45, 7) is 2.24. The number of halogens is 3. The molecule has 1 fully saturated rings. The summed E-state index contributed by atoms with van der Waals surface area (Å²) in [5, 5.41) is 0.580. The van der Waals surface area contributed by atoms with Crippen LogP contribution in [0.1, 0.15) is 86.8 Å². The van der Waals surface area contributed by atoms with E-state index in [4.69, 9.17) is 0 Å². The Morgan fingerprint density at radius 2 is 1.35 bits per heavy atom. The quantitative estimate of drug-likeness (QED) is 0.262. The molecule has 0 unspecified atom stereocenters. The molecular formula is C28H31F3. The lowest BCUT2D eigenvalue weighted by Crippen LogP contribution is -2.12. The Labute approximate surface area is 183 Å². The van der Waals surface area contributed by atoms with E-state index in [1.807, 2.05) is 12.1 Å². The van der Waals surface area contributed by atoms with Crippen LogP contribution in [0.2, 0.25) is 0 Å². The van der Waals surface area contributed by atoms with Gasteiger partial charge in [0, 0.05) is 5.39 Å². The minimum atomic E-state index is -1.40. The standard InChI is InChI=1S/C28H31F3/c1-2-3-4-5-6-19-7-9-20(10-8-19)21-11-13-22(14-12-21)23-15-16-25-24(17-23)18-26(29)28(31)27(25)30/h7-10,15-18,21-22H,2-6,11-14H2,1H3. The molecule has 0 aromatic heterocycles. The van der Waals surface area contributed by atoms with Crippen molar-refractivity contribution in [3.05, 3.63) is 82.7 Å². The Hall–Kier alpha value is -2.29. The van der Waals surface area contributed by atoms with Crippen LogP contribution in [0.3, 0.4) is 0 Å². The van der Waals surface area contributed by atoms with Crippen molar-refractivity contribution in [2.24, 2.45) is 0 Å². The predicted octanol–water partition coefficient (Wildman–Crippen LogP) is 8.82. The Bertz CT molecular complexity index is 1010. The third-order valence-corrected chi connectivity index (χ3v) is 6.97. The highest BCUT2D eigenvalue weighted by Crippen LogP contribution is 2.41. The highest BCUT2D eigenvalue weighted by Gasteiger charge is 2.24. The molecule has 1 aliphatic carbocycles. The molecule has 1 saturated carbocycles. The second-order valence-electron chi connectivity index (χ2n) is 9.07. The van der Waals surface area contributed by atoms with E-state index in [9.17, 15) is 13.2 Å². The van der Waals surface area contributed by atoms with Gasteiger partial charge in [0.05, 0.1) is 0 Å². The SMILES string of the molecule is CCCCCCc1ccc(C2CCC(c3ccc4c(F)c(F)c(F)cc4c3)CC2)cc1. The molecule has 0 N–H and O–H groups in total. The van der Waals surface area contributed by atoms with Crippen molar-refractivity contribution in [3.63, 3.8) is 0 Å². The molecule has 0 nitrogen and oxygen atoms in total. The second kappa shape index (κ2) is 9.89. The summed E-state index contributed by atoms with van der Waals surface area (Å²) in [5.41, 5.74) is 3.95. The fraction of sp³-hybridized carbons (Fsp3) is 0.429. The van der Waals surface area contributed by atoms with E-state index in [1.165, 1.54) is 43.2 Å². The lowest BCUT2D eigenvalue weighted by atomic mass is 9.76. The summed E-state index contributed by atoms with van der Waals surface area (Å²) in [4.78, 5) is 0. The smallest absolute Gasteiger partial charge is 0.195 e. The van der Waals surface area contributed by atoms with E-state index in [2.05, 4.69) is 31.2 Å². The Morgan fingerprint density at radius 1 is 0.710 bits per heavy atom. The maximum absolute atomic E-state index is 14.0. The molecule has 0 atom stereocenters. The average molecular weight is 425 g/mol. The molecule has 31 heavy (non-hydrogen) atoms.